The van der Waals surface area contributed by atoms with Gasteiger partial charge in [-0.3, -0.25) is 14.2 Å². The molecule has 5 nitrogen and oxygen atoms in total. The van der Waals surface area contributed by atoms with Crippen LogP contribution in [-0.4, -0.2) is 21.2 Å². The predicted molar refractivity (Wildman–Crippen MR) is 95.3 cm³/mol. The van der Waals surface area contributed by atoms with Crippen molar-refractivity contribution < 1.29 is 13.6 Å². The van der Waals surface area contributed by atoms with E-state index in [1.165, 1.54) is 15.9 Å². The highest BCUT2D eigenvalue weighted by Crippen LogP contribution is 2.21. The van der Waals surface area contributed by atoms with Crippen LogP contribution in [0.15, 0.2) is 39.6 Å². The molecule has 1 N–H and O–H groups in total. The van der Waals surface area contributed by atoms with Gasteiger partial charge in [0.1, 0.15) is 16.3 Å². The molecule has 0 aliphatic rings. The number of amides is 1. The first-order valence-corrected chi connectivity index (χ1v) is 9.21. The molecule has 0 aliphatic carbocycles. The molecular formula is C16H13F2N3O2S2. The molecular weight excluding hydrogens is 368 g/mol. The minimum absolute atomic E-state index is 0.0391. The molecule has 3 aromatic rings. The van der Waals surface area contributed by atoms with Gasteiger partial charge in [-0.15, -0.1) is 11.3 Å². The number of hydrogen-bond donors (Lipinski definition) is 1. The van der Waals surface area contributed by atoms with Gasteiger partial charge in [0.2, 0.25) is 5.91 Å². The maximum atomic E-state index is 13.1. The zero-order chi connectivity index (χ0) is 18.0. The van der Waals surface area contributed by atoms with Crippen molar-refractivity contribution in [3.63, 3.8) is 0 Å². The fraction of sp³-hybridized carbons (Fsp3) is 0.188. The van der Waals surface area contributed by atoms with Crippen molar-refractivity contribution in [3.8, 4) is 0 Å². The van der Waals surface area contributed by atoms with E-state index < -0.39 is 17.5 Å². The Labute approximate surface area is 149 Å². The predicted octanol–water partition coefficient (Wildman–Crippen LogP) is 3.49. The minimum Gasteiger partial charge on any atom is -0.325 e. The standard InChI is InChI=1S/C16H13F2N3O2S2/c1-2-21-15(23)14-12(3-4-24-14)20-16(21)25-8-13(22)19-11-6-9(17)5-10(18)7-11/h3-7H,2,8H2,1H3,(H,19,22). The number of carbonyl (C=O) groups is 1. The van der Waals surface area contributed by atoms with Gasteiger partial charge in [-0.1, -0.05) is 11.8 Å². The van der Waals surface area contributed by atoms with Crippen LogP contribution in [0.2, 0.25) is 0 Å². The van der Waals surface area contributed by atoms with Gasteiger partial charge in [0.05, 0.1) is 11.3 Å². The van der Waals surface area contributed by atoms with Crippen LogP contribution >= 0.6 is 23.1 Å². The summed E-state index contributed by atoms with van der Waals surface area (Å²) in [6.45, 7) is 2.25. The summed E-state index contributed by atoms with van der Waals surface area (Å²) in [5.41, 5.74) is 0.490. The highest BCUT2D eigenvalue weighted by molar-refractivity contribution is 7.99. The first kappa shape index (κ1) is 17.6. The van der Waals surface area contributed by atoms with Crippen molar-refractivity contribution in [2.75, 3.05) is 11.1 Å². The van der Waals surface area contributed by atoms with Gasteiger partial charge < -0.3 is 5.32 Å². The third kappa shape index (κ3) is 3.88. The first-order chi connectivity index (χ1) is 12.0. The van der Waals surface area contributed by atoms with Crippen molar-refractivity contribution >= 4 is 44.9 Å². The quantitative estimate of drug-likeness (QED) is 0.543. The van der Waals surface area contributed by atoms with E-state index in [-0.39, 0.29) is 17.0 Å². The van der Waals surface area contributed by atoms with Gasteiger partial charge in [-0.2, -0.15) is 0 Å². The normalized spacial score (nSPS) is 11.0. The largest absolute Gasteiger partial charge is 0.325 e. The molecule has 3 rings (SSSR count). The minimum atomic E-state index is -0.771. The third-order valence-corrected chi connectivity index (χ3v) is 5.19. The molecule has 2 heterocycles. The summed E-state index contributed by atoms with van der Waals surface area (Å²) in [6.07, 6.45) is 0. The van der Waals surface area contributed by atoms with Crippen molar-refractivity contribution in [3.05, 3.63) is 51.6 Å². The van der Waals surface area contributed by atoms with Crippen molar-refractivity contribution in [1.82, 2.24) is 9.55 Å². The first-order valence-electron chi connectivity index (χ1n) is 7.34. The maximum absolute atomic E-state index is 13.1. The number of halogens is 2. The number of nitrogens with one attached hydrogen (secondary N) is 1. The fourth-order valence-electron chi connectivity index (χ4n) is 2.27. The van der Waals surface area contributed by atoms with Gasteiger partial charge in [0.15, 0.2) is 5.16 Å². The van der Waals surface area contributed by atoms with Gasteiger partial charge in [-0.25, -0.2) is 13.8 Å². The monoisotopic (exact) mass is 381 g/mol. The number of benzene rings is 1. The maximum Gasteiger partial charge on any atom is 0.272 e. The number of nitrogens with zero attached hydrogens (tertiary/aromatic N) is 2. The van der Waals surface area contributed by atoms with Crippen LogP contribution in [0.5, 0.6) is 0 Å². The molecule has 25 heavy (non-hydrogen) atoms. The Balaban J connectivity index is 1.75. The second kappa shape index (κ2) is 7.32. The number of thiophene rings is 1. The lowest BCUT2D eigenvalue weighted by Gasteiger charge is -2.10. The lowest BCUT2D eigenvalue weighted by Crippen LogP contribution is -2.22. The van der Waals surface area contributed by atoms with Gasteiger partial charge >= 0.3 is 0 Å². The Morgan fingerprint density at radius 3 is 2.72 bits per heavy atom. The Bertz CT molecular complexity index is 980. The molecule has 1 amide bonds. The average Bonchev–Trinajstić information content (AvgIpc) is 3.00. The van der Waals surface area contributed by atoms with Crippen LogP contribution in [0.1, 0.15) is 6.92 Å². The summed E-state index contributed by atoms with van der Waals surface area (Å²) < 4.78 is 28.4. The molecule has 0 bridgehead atoms. The molecule has 9 heteroatoms. The van der Waals surface area contributed by atoms with E-state index in [4.69, 9.17) is 0 Å². The van der Waals surface area contributed by atoms with E-state index >= 15 is 0 Å². The molecule has 0 spiro atoms. The lowest BCUT2D eigenvalue weighted by molar-refractivity contribution is -0.113. The summed E-state index contributed by atoms with van der Waals surface area (Å²) in [4.78, 5) is 28.8. The molecule has 1 aromatic carbocycles. The zero-order valence-corrected chi connectivity index (χ0v) is 14.7. The Kier molecular flexibility index (Phi) is 5.14. The van der Waals surface area contributed by atoms with Crippen LogP contribution in [0.25, 0.3) is 10.2 Å². The molecule has 0 unspecified atom stereocenters. The molecule has 2 aromatic heterocycles. The Morgan fingerprint density at radius 2 is 2.04 bits per heavy atom. The second-order valence-electron chi connectivity index (χ2n) is 5.07. The summed E-state index contributed by atoms with van der Waals surface area (Å²) >= 11 is 2.42. The van der Waals surface area contributed by atoms with Crippen LogP contribution < -0.4 is 10.9 Å². The fourth-order valence-corrected chi connectivity index (χ4v) is 3.91. The number of hydrogen-bond acceptors (Lipinski definition) is 5. The van der Waals surface area contributed by atoms with Gasteiger partial charge in [0, 0.05) is 18.3 Å². The number of thioether (sulfide) groups is 1. The molecule has 0 saturated carbocycles. The number of anilines is 1. The van der Waals surface area contributed by atoms with Crippen molar-refractivity contribution in [2.45, 2.75) is 18.6 Å². The van der Waals surface area contributed by atoms with Crippen LogP contribution in [0.3, 0.4) is 0 Å². The van der Waals surface area contributed by atoms with E-state index in [0.29, 0.717) is 21.9 Å². The van der Waals surface area contributed by atoms with E-state index in [0.717, 1.165) is 30.0 Å². The third-order valence-electron chi connectivity index (χ3n) is 3.33. The summed E-state index contributed by atoms with van der Waals surface area (Å²) in [5, 5.41) is 4.65. The molecule has 0 radical (unpaired) electrons. The van der Waals surface area contributed by atoms with E-state index in [2.05, 4.69) is 10.3 Å². The SMILES string of the molecule is CCn1c(SCC(=O)Nc2cc(F)cc(F)c2)nc2ccsc2c1=O. The van der Waals surface area contributed by atoms with E-state index in [1.807, 2.05) is 6.92 Å². The van der Waals surface area contributed by atoms with Gasteiger partial charge in [-0.05, 0) is 30.5 Å². The van der Waals surface area contributed by atoms with Crippen LogP contribution in [-0.2, 0) is 11.3 Å². The van der Waals surface area contributed by atoms with Crippen LogP contribution in [0.4, 0.5) is 14.5 Å². The number of rotatable bonds is 5. The number of aromatic nitrogens is 2. The summed E-state index contributed by atoms with van der Waals surface area (Å²) in [7, 11) is 0. The number of carbonyl (C=O) groups excluding carboxylic acids is 1. The van der Waals surface area contributed by atoms with E-state index in [1.54, 1.807) is 11.4 Å². The smallest absolute Gasteiger partial charge is 0.272 e. The lowest BCUT2D eigenvalue weighted by atomic mass is 10.3. The molecule has 0 atom stereocenters. The highest BCUT2D eigenvalue weighted by atomic mass is 32.2. The molecule has 130 valence electrons. The second-order valence-corrected chi connectivity index (χ2v) is 6.93. The molecule has 0 fully saturated rings. The summed E-state index contributed by atoms with van der Waals surface area (Å²) in [6, 6.07) is 4.54. The highest BCUT2D eigenvalue weighted by Gasteiger charge is 2.13. The van der Waals surface area contributed by atoms with Crippen LogP contribution in [0, 0.1) is 11.6 Å². The zero-order valence-electron chi connectivity index (χ0n) is 13.1. The summed E-state index contributed by atoms with van der Waals surface area (Å²) in [5.74, 6) is -2.03. The average molecular weight is 381 g/mol. The van der Waals surface area contributed by atoms with Gasteiger partial charge in [0.25, 0.3) is 5.56 Å². The Hall–Kier alpha value is -2.26. The molecule has 0 aliphatic heterocycles. The Morgan fingerprint density at radius 1 is 1.32 bits per heavy atom. The molecule has 0 saturated heterocycles. The van der Waals surface area contributed by atoms with Crippen molar-refractivity contribution in [2.24, 2.45) is 0 Å². The van der Waals surface area contributed by atoms with E-state index in [9.17, 15) is 18.4 Å². The number of fused-ring (bicyclic) bond motifs is 1. The topological polar surface area (TPSA) is 64.0 Å². The van der Waals surface area contributed by atoms with Crippen molar-refractivity contribution in [1.29, 1.82) is 0 Å².